The van der Waals surface area contributed by atoms with Gasteiger partial charge in [0.05, 0.1) is 29.7 Å². The van der Waals surface area contributed by atoms with Crippen LogP contribution in [0.4, 0.5) is 5.82 Å². The van der Waals surface area contributed by atoms with Gasteiger partial charge in [0.2, 0.25) is 10.0 Å². The quantitative estimate of drug-likeness (QED) is 0.412. The molecule has 9 nitrogen and oxygen atoms in total. The van der Waals surface area contributed by atoms with E-state index in [4.69, 9.17) is 14.7 Å². The van der Waals surface area contributed by atoms with Crippen molar-refractivity contribution in [2.24, 2.45) is 0 Å². The summed E-state index contributed by atoms with van der Waals surface area (Å²) in [6.07, 6.45) is 4.07. The van der Waals surface area contributed by atoms with Crippen LogP contribution in [0.5, 0.6) is 0 Å². The number of hydrogen-bond acceptors (Lipinski definition) is 8. The Kier molecular flexibility index (Phi) is 6.21. The van der Waals surface area contributed by atoms with Crippen LogP contribution < -0.4 is 4.90 Å². The van der Waals surface area contributed by atoms with Crippen LogP contribution in [0.25, 0.3) is 32.5 Å². The van der Waals surface area contributed by atoms with Crippen molar-refractivity contribution in [3.8, 4) is 11.4 Å². The summed E-state index contributed by atoms with van der Waals surface area (Å²) in [4.78, 5) is 19.3. The normalized spacial score (nSPS) is 19.8. The molecule has 3 aromatic heterocycles. The maximum atomic E-state index is 12.0. The number of likely N-dealkylation sites (tertiary alicyclic amines) is 1. The number of fused-ring (bicyclic) bond motifs is 2. The number of nitrogens with one attached hydrogen (secondary N) is 1. The molecular formula is C25H30N6O3S2. The molecule has 0 saturated carbocycles. The monoisotopic (exact) mass is 526 g/mol. The van der Waals surface area contributed by atoms with Gasteiger partial charge in [-0.1, -0.05) is 12.1 Å². The van der Waals surface area contributed by atoms with Gasteiger partial charge in [-0.25, -0.2) is 22.7 Å². The van der Waals surface area contributed by atoms with E-state index >= 15 is 0 Å². The molecule has 36 heavy (non-hydrogen) atoms. The zero-order valence-corrected chi connectivity index (χ0v) is 22.1. The number of thiophene rings is 1. The zero-order valence-electron chi connectivity index (χ0n) is 20.5. The minimum absolute atomic E-state index is 0.0199. The number of hydrogen-bond donors (Lipinski definition) is 1. The van der Waals surface area contributed by atoms with Crippen LogP contribution in [0.15, 0.2) is 36.5 Å². The maximum Gasteiger partial charge on any atom is 0.211 e. The molecule has 0 spiro atoms. The van der Waals surface area contributed by atoms with Crippen LogP contribution in [0.1, 0.15) is 11.3 Å². The summed E-state index contributed by atoms with van der Waals surface area (Å²) in [5.74, 6) is 1.70. The lowest BCUT2D eigenvalue weighted by Gasteiger charge is -2.28. The van der Waals surface area contributed by atoms with Crippen molar-refractivity contribution < 1.29 is 13.2 Å². The number of sulfonamides is 1. The van der Waals surface area contributed by atoms with Crippen molar-refractivity contribution in [1.29, 1.82) is 0 Å². The molecule has 2 fully saturated rings. The molecule has 2 aliphatic rings. The SMILES string of the molecule is CN(C1CCN(Cc2cc3nc(-c4cccc5[nH]ccc45)nc(N4CCOCC4)c3s2)C1)S(C)(=O)=O. The second-order valence-electron chi connectivity index (χ2n) is 9.60. The fourth-order valence-corrected chi connectivity index (χ4v) is 7.05. The largest absolute Gasteiger partial charge is 0.378 e. The molecule has 0 bridgehead atoms. The van der Waals surface area contributed by atoms with Gasteiger partial charge in [-0.15, -0.1) is 11.3 Å². The molecule has 0 radical (unpaired) electrons. The summed E-state index contributed by atoms with van der Waals surface area (Å²) >= 11 is 1.74. The summed E-state index contributed by atoms with van der Waals surface area (Å²) in [6.45, 7) is 5.38. The predicted molar refractivity (Wildman–Crippen MR) is 144 cm³/mol. The number of rotatable bonds is 6. The smallest absolute Gasteiger partial charge is 0.211 e. The number of H-pyrrole nitrogens is 1. The van der Waals surface area contributed by atoms with Gasteiger partial charge in [-0.3, -0.25) is 4.90 Å². The molecule has 0 aliphatic carbocycles. The highest BCUT2D eigenvalue weighted by Crippen LogP contribution is 2.36. The summed E-state index contributed by atoms with van der Waals surface area (Å²) in [5.41, 5.74) is 3.04. The molecule has 2 aliphatic heterocycles. The van der Waals surface area contributed by atoms with Crippen molar-refractivity contribution in [3.05, 3.63) is 41.4 Å². The Morgan fingerprint density at radius 2 is 2.03 bits per heavy atom. The van der Waals surface area contributed by atoms with E-state index in [0.717, 1.165) is 77.5 Å². The molecule has 4 aromatic rings. The van der Waals surface area contributed by atoms with E-state index in [1.807, 2.05) is 12.3 Å². The third kappa shape index (κ3) is 4.50. The van der Waals surface area contributed by atoms with Crippen molar-refractivity contribution >= 4 is 48.3 Å². The van der Waals surface area contributed by atoms with Crippen molar-refractivity contribution in [2.45, 2.75) is 19.0 Å². The molecular weight excluding hydrogens is 496 g/mol. The van der Waals surface area contributed by atoms with E-state index in [1.165, 1.54) is 15.4 Å². The summed E-state index contributed by atoms with van der Waals surface area (Å²) in [6, 6.07) is 10.4. The van der Waals surface area contributed by atoms with Gasteiger partial charge < -0.3 is 14.6 Å². The first-order valence-corrected chi connectivity index (χ1v) is 14.9. The fraction of sp³-hybridized carbons (Fsp3) is 0.440. The Labute approximate surface area is 214 Å². The van der Waals surface area contributed by atoms with Gasteiger partial charge in [-0.2, -0.15) is 0 Å². The van der Waals surface area contributed by atoms with Gasteiger partial charge in [-0.05, 0) is 24.6 Å². The topological polar surface area (TPSA) is 94.7 Å². The molecule has 190 valence electrons. The number of nitrogens with zero attached hydrogens (tertiary/aromatic N) is 5. The lowest BCUT2D eigenvalue weighted by molar-refractivity contribution is 0.122. The lowest BCUT2D eigenvalue weighted by atomic mass is 10.1. The van der Waals surface area contributed by atoms with Crippen LogP contribution >= 0.6 is 11.3 Å². The van der Waals surface area contributed by atoms with Crippen molar-refractivity contribution in [1.82, 2.24) is 24.2 Å². The number of aromatic nitrogens is 3. The molecule has 1 aromatic carbocycles. The molecule has 11 heteroatoms. The minimum atomic E-state index is -3.19. The van der Waals surface area contributed by atoms with E-state index < -0.39 is 10.0 Å². The molecule has 5 heterocycles. The lowest BCUT2D eigenvalue weighted by Crippen LogP contribution is -2.38. The number of morpholine rings is 1. The number of anilines is 1. The number of likely N-dealkylation sites (N-methyl/N-ethyl adjacent to an activating group) is 1. The first-order valence-electron chi connectivity index (χ1n) is 12.2. The van der Waals surface area contributed by atoms with Crippen LogP contribution in [0.2, 0.25) is 0 Å². The Morgan fingerprint density at radius 1 is 1.19 bits per heavy atom. The van der Waals surface area contributed by atoms with Crippen LogP contribution in [0.3, 0.4) is 0 Å². The highest BCUT2D eigenvalue weighted by Gasteiger charge is 2.30. The second kappa shape index (κ2) is 9.38. The van der Waals surface area contributed by atoms with Gasteiger partial charge in [0.25, 0.3) is 0 Å². The molecule has 1 N–H and O–H groups in total. The van der Waals surface area contributed by atoms with Gasteiger partial charge in [0, 0.05) is 73.4 Å². The van der Waals surface area contributed by atoms with E-state index in [1.54, 1.807) is 18.4 Å². The van der Waals surface area contributed by atoms with Crippen molar-refractivity contribution in [3.63, 3.8) is 0 Å². The summed E-state index contributed by atoms with van der Waals surface area (Å²) < 4.78 is 32.2. The highest BCUT2D eigenvalue weighted by atomic mass is 32.2. The van der Waals surface area contributed by atoms with Crippen molar-refractivity contribution in [2.75, 3.05) is 57.6 Å². The average molecular weight is 527 g/mol. The second-order valence-corrected chi connectivity index (χ2v) is 12.8. The Balaban J connectivity index is 1.35. The van der Waals surface area contributed by atoms with E-state index in [0.29, 0.717) is 13.2 Å². The third-order valence-electron chi connectivity index (χ3n) is 7.22. The number of ether oxygens (including phenoxy) is 1. The van der Waals surface area contributed by atoms with Gasteiger partial charge >= 0.3 is 0 Å². The Hall–Kier alpha value is -2.57. The maximum absolute atomic E-state index is 12.0. The van der Waals surface area contributed by atoms with Crippen LogP contribution in [0, 0.1) is 0 Å². The predicted octanol–water partition coefficient (Wildman–Crippen LogP) is 3.14. The van der Waals surface area contributed by atoms with E-state index in [-0.39, 0.29) is 6.04 Å². The standard InChI is InChI=1S/C25H30N6O3S2/c1-29(36(2,32)33)17-7-9-30(15-17)16-18-14-22-23(35-18)25(31-10-12-34-13-11-31)28-24(27-22)20-4-3-5-21-19(20)6-8-26-21/h3-6,8,14,17,26H,7,9-13,15-16H2,1-2H3. The minimum Gasteiger partial charge on any atom is -0.378 e. The fourth-order valence-electron chi connectivity index (χ4n) is 5.18. The Morgan fingerprint density at radius 3 is 2.83 bits per heavy atom. The molecule has 6 rings (SSSR count). The van der Waals surface area contributed by atoms with Gasteiger partial charge in [0.1, 0.15) is 0 Å². The zero-order chi connectivity index (χ0) is 24.9. The van der Waals surface area contributed by atoms with Crippen LogP contribution in [-0.4, -0.2) is 91.3 Å². The molecule has 2 saturated heterocycles. The first kappa shape index (κ1) is 23.8. The molecule has 1 unspecified atom stereocenters. The number of aromatic amines is 1. The third-order valence-corrected chi connectivity index (χ3v) is 9.66. The summed E-state index contributed by atoms with van der Waals surface area (Å²) in [5, 5.41) is 1.11. The van der Waals surface area contributed by atoms with E-state index in [2.05, 4.69) is 39.0 Å². The first-order chi connectivity index (χ1) is 17.4. The Bertz CT molecular complexity index is 1510. The van der Waals surface area contributed by atoms with Gasteiger partial charge in [0.15, 0.2) is 11.6 Å². The molecule has 1 atom stereocenters. The average Bonchev–Trinajstić information content (AvgIpc) is 3.62. The van der Waals surface area contributed by atoms with Crippen LogP contribution in [-0.2, 0) is 21.3 Å². The highest BCUT2D eigenvalue weighted by molar-refractivity contribution is 7.88. The molecule has 0 amide bonds. The number of benzene rings is 1. The van der Waals surface area contributed by atoms with E-state index in [9.17, 15) is 8.42 Å². The summed E-state index contributed by atoms with van der Waals surface area (Å²) in [7, 11) is -1.51.